The van der Waals surface area contributed by atoms with Gasteiger partial charge in [-0.1, -0.05) is 49.7 Å². The third-order valence-corrected chi connectivity index (χ3v) is 7.69. The van der Waals surface area contributed by atoms with Crippen molar-refractivity contribution >= 4 is 27.5 Å². The highest BCUT2D eigenvalue weighted by Gasteiger charge is 2.39. The quantitative estimate of drug-likeness (QED) is 0.610. The van der Waals surface area contributed by atoms with Crippen LogP contribution in [0.25, 0.3) is 0 Å². The largest absolute Gasteiger partial charge is 0.355 e. The first kappa shape index (κ1) is 22.8. The molecule has 1 amide bonds. The van der Waals surface area contributed by atoms with E-state index in [0.29, 0.717) is 36.9 Å². The second-order valence-electron chi connectivity index (χ2n) is 8.02. The summed E-state index contributed by atoms with van der Waals surface area (Å²) in [6.07, 6.45) is 2.89. The zero-order valence-electron chi connectivity index (χ0n) is 17.5. The summed E-state index contributed by atoms with van der Waals surface area (Å²) in [5, 5.41) is 3.40. The van der Waals surface area contributed by atoms with Crippen LogP contribution in [0.5, 0.6) is 0 Å². The molecule has 1 saturated heterocycles. The van der Waals surface area contributed by atoms with E-state index in [1.54, 1.807) is 12.1 Å². The van der Waals surface area contributed by atoms with Crippen molar-refractivity contribution in [2.45, 2.75) is 56.4 Å². The number of sulfonamides is 1. The van der Waals surface area contributed by atoms with Crippen molar-refractivity contribution in [1.82, 2.24) is 9.62 Å². The zero-order chi connectivity index (χ0) is 21.7. The SMILES string of the molecule is CC(C)c1ccc(CCCNC(=O)[C@@H]2CCCN2S(=O)(=O)c2ccc(Cl)cc2)cc1. The summed E-state index contributed by atoms with van der Waals surface area (Å²) < 4.78 is 27.2. The molecule has 0 aliphatic carbocycles. The van der Waals surface area contributed by atoms with Gasteiger partial charge in [-0.2, -0.15) is 4.31 Å². The molecule has 2 aromatic carbocycles. The van der Waals surface area contributed by atoms with Gasteiger partial charge in [0.1, 0.15) is 6.04 Å². The topological polar surface area (TPSA) is 66.5 Å². The molecule has 1 aliphatic rings. The molecular weight excluding hydrogens is 420 g/mol. The highest BCUT2D eigenvalue weighted by atomic mass is 35.5. The van der Waals surface area contributed by atoms with Crippen molar-refractivity contribution in [2.75, 3.05) is 13.1 Å². The lowest BCUT2D eigenvalue weighted by molar-refractivity contribution is -0.124. The Morgan fingerprint density at radius 1 is 1.13 bits per heavy atom. The van der Waals surface area contributed by atoms with Crippen molar-refractivity contribution in [1.29, 1.82) is 0 Å². The van der Waals surface area contributed by atoms with Crippen LogP contribution in [0.1, 0.15) is 50.2 Å². The number of rotatable bonds is 8. The second-order valence-corrected chi connectivity index (χ2v) is 10.3. The van der Waals surface area contributed by atoms with Crippen LogP contribution >= 0.6 is 11.6 Å². The highest BCUT2D eigenvalue weighted by molar-refractivity contribution is 7.89. The lowest BCUT2D eigenvalue weighted by Crippen LogP contribution is -2.46. The van der Waals surface area contributed by atoms with Crippen LogP contribution in [0.4, 0.5) is 0 Å². The Bertz CT molecular complexity index is 957. The summed E-state index contributed by atoms with van der Waals surface area (Å²) in [4.78, 5) is 12.8. The second kappa shape index (κ2) is 9.94. The third-order valence-electron chi connectivity index (χ3n) is 5.51. The molecule has 0 bridgehead atoms. The third kappa shape index (κ3) is 5.42. The predicted octanol–water partition coefficient (Wildman–Crippen LogP) is 4.37. The van der Waals surface area contributed by atoms with E-state index in [9.17, 15) is 13.2 Å². The molecule has 3 rings (SSSR count). The Morgan fingerprint density at radius 3 is 2.43 bits per heavy atom. The Morgan fingerprint density at radius 2 is 1.80 bits per heavy atom. The molecule has 7 heteroatoms. The average Bonchev–Trinajstić information content (AvgIpc) is 3.23. The van der Waals surface area contributed by atoms with Gasteiger partial charge >= 0.3 is 0 Å². The van der Waals surface area contributed by atoms with Crippen LogP contribution in [0.3, 0.4) is 0 Å². The molecular formula is C23H29ClN2O3S. The number of aryl methyl sites for hydroxylation is 1. The number of nitrogens with zero attached hydrogens (tertiary/aromatic N) is 1. The maximum absolute atomic E-state index is 13.0. The number of carbonyl (C=O) groups excluding carboxylic acids is 1. The number of halogens is 1. The Balaban J connectivity index is 1.53. The van der Waals surface area contributed by atoms with E-state index in [4.69, 9.17) is 11.6 Å². The summed E-state index contributed by atoms with van der Waals surface area (Å²) in [5.74, 6) is 0.289. The van der Waals surface area contributed by atoms with Crippen LogP contribution in [0.15, 0.2) is 53.4 Å². The number of nitrogens with one attached hydrogen (secondary N) is 1. The first-order valence-electron chi connectivity index (χ1n) is 10.4. The Hall–Kier alpha value is -1.89. The highest BCUT2D eigenvalue weighted by Crippen LogP contribution is 2.27. The molecule has 5 nitrogen and oxygen atoms in total. The van der Waals surface area contributed by atoms with Gasteiger partial charge in [0.05, 0.1) is 4.90 Å². The molecule has 0 saturated carbocycles. The van der Waals surface area contributed by atoms with Gasteiger partial charge in [0.15, 0.2) is 0 Å². The lowest BCUT2D eigenvalue weighted by Gasteiger charge is -2.23. The molecule has 0 aromatic heterocycles. The molecule has 1 aliphatic heterocycles. The number of hydrogen-bond donors (Lipinski definition) is 1. The van der Waals surface area contributed by atoms with Crippen molar-refractivity contribution in [2.24, 2.45) is 0 Å². The lowest BCUT2D eigenvalue weighted by atomic mass is 10.0. The van der Waals surface area contributed by atoms with Crippen molar-refractivity contribution < 1.29 is 13.2 Å². The number of benzene rings is 2. The van der Waals surface area contributed by atoms with Gasteiger partial charge in [-0.05, 0) is 67.0 Å². The minimum Gasteiger partial charge on any atom is -0.355 e. The first-order chi connectivity index (χ1) is 14.3. The van der Waals surface area contributed by atoms with Gasteiger partial charge in [-0.25, -0.2) is 8.42 Å². The fourth-order valence-corrected chi connectivity index (χ4v) is 5.51. The molecule has 2 aromatic rings. The van der Waals surface area contributed by atoms with Crippen LogP contribution in [0, 0.1) is 0 Å². The number of hydrogen-bond acceptors (Lipinski definition) is 3. The van der Waals surface area contributed by atoms with E-state index in [-0.39, 0.29) is 10.8 Å². The summed E-state index contributed by atoms with van der Waals surface area (Å²) in [5.41, 5.74) is 2.55. The van der Waals surface area contributed by atoms with E-state index < -0.39 is 16.1 Å². The van der Waals surface area contributed by atoms with Gasteiger partial charge in [0.2, 0.25) is 15.9 Å². The van der Waals surface area contributed by atoms with E-state index in [0.717, 1.165) is 12.8 Å². The van der Waals surface area contributed by atoms with Crippen LogP contribution < -0.4 is 5.32 Å². The molecule has 0 spiro atoms. The first-order valence-corrected chi connectivity index (χ1v) is 12.2. The van der Waals surface area contributed by atoms with E-state index in [1.165, 1.54) is 27.6 Å². The summed E-state index contributed by atoms with van der Waals surface area (Å²) in [6.45, 7) is 5.22. The van der Waals surface area contributed by atoms with Crippen molar-refractivity contribution in [3.8, 4) is 0 Å². The van der Waals surface area contributed by atoms with Gasteiger partial charge in [0, 0.05) is 18.1 Å². The summed E-state index contributed by atoms with van der Waals surface area (Å²) in [7, 11) is -3.72. The molecule has 0 unspecified atom stereocenters. The maximum Gasteiger partial charge on any atom is 0.243 e. The van der Waals surface area contributed by atoms with Gasteiger partial charge in [-0.3, -0.25) is 4.79 Å². The molecule has 0 radical (unpaired) electrons. The van der Waals surface area contributed by atoms with E-state index >= 15 is 0 Å². The minimum absolute atomic E-state index is 0.163. The van der Waals surface area contributed by atoms with Crippen LogP contribution in [0.2, 0.25) is 5.02 Å². The molecule has 30 heavy (non-hydrogen) atoms. The summed E-state index contributed by atoms with van der Waals surface area (Å²) >= 11 is 5.86. The van der Waals surface area contributed by atoms with Crippen molar-refractivity contribution in [3.63, 3.8) is 0 Å². The van der Waals surface area contributed by atoms with Gasteiger partial charge in [0.25, 0.3) is 0 Å². The minimum atomic E-state index is -3.72. The molecule has 1 N–H and O–H groups in total. The maximum atomic E-state index is 13.0. The van der Waals surface area contributed by atoms with E-state index in [1.807, 2.05) is 0 Å². The average molecular weight is 449 g/mol. The molecule has 162 valence electrons. The molecule has 1 fully saturated rings. The molecule has 1 atom stereocenters. The Kier molecular flexibility index (Phi) is 7.55. The Labute approximate surface area is 184 Å². The predicted molar refractivity (Wildman–Crippen MR) is 120 cm³/mol. The van der Waals surface area contributed by atoms with Gasteiger partial charge in [-0.15, -0.1) is 0 Å². The van der Waals surface area contributed by atoms with Crippen LogP contribution in [-0.4, -0.2) is 37.8 Å². The fourth-order valence-electron chi connectivity index (χ4n) is 3.72. The number of carbonyl (C=O) groups is 1. The standard InChI is InChI=1S/C23H29ClN2O3S/c1-17(2)19-9-7-18(8-10-19)5-3-15-25-23(27)22-6-4-16-26(22)30(28,29)21-13-11-20(24)12-14-21/h7-14,17,22H,3-6,15-16H2,1-2H3,(H,25,27)/t22-/m0/s1. The monoisotopic (exact) mass is 448 g/mol. The normalized spacial score (nSPS) is 17.4. The molecule has 1 heterocycles. The summed E-state index contributed by atoms with van der Waals surface area (Å²) in [6, 6.07) is 14.0. The smallest absolute Gasteiger partial charge is 0.243 e. The fraction of sp³-hybridized carbons (Fsp3) is 0.435. The van der Waals surface area contributed by atoms with Crippen LogP contribution in [-0.2, 0) is 21.2 Å². The van der Waals surface area contributed by atoms with Gasteiger partial charge < -0.3 is 5.32 Å². The van der Waals surface area contributed by atoms with Crippen molar-refractivity contribution in [3.05, 3.63) is 64.7 Å². The zero-order valence-corrected chi connectivity index (χ0v) is 19.0. The van der Waals surface area contributed by atoms with E-state index in [2.05, 4.69) is 43.4 Å². The number of amides is 1.